The maximum Gasteiger partial charge on any atom is 0.169 e. The van der Waals surface area contributed by atoms with Crippen molar-refractivity contribution in [2.45, 2.75) is 6.42 Å². The molecular formula is C9H5FN2O. The van der Waals surface area contributed by atoms with Crippen molar-refractivity contribution in [1.29, 1.82) is 10.5 Å². The van der Waals surface area contributed by atoms with Gasteiger partial charge >= 0.3 is 0 Å². The highest BCUT2D eigenvalue weighted by Crippen LogP contribution is 2.21. The van der Waals surface area contributed by atoms with Gasteiger partial charge in [-0.25, -0.2) is 4.39 Å². The molecule has 0 amide bonds. The highest BCUT2D eigenvalue weighted by molar-refractivity contribution is 5.42. The van der Waals surface area contributed by atoms with Gasteiger partial charge in [0.05, 0.1) is 24.1 Å². The summed E-state index contributed by atoms with van der Waals surface area (Å²) in [6.07, 6.45) is -0.158. The zero-order valence-corrected chi connectivity index (χ0v) is 6.58. The maximum absolute atomic E-state index is 13.0. The number of benzene rings is 1. The quantitative estimate of drug-likeness (QED) is 0.704. The largest absolute Gasteiger partial charge is 0.505 e. The Morgan fingerprint density at radius 1 is 1.38 bits per heavy atom. The van der Waals surface area contributed by atoms with Gasteiger partial charge < -0.3 is 5.11 Å². The molecule has 0 saturated carbocycles. The van der Waals surface area contributed by atoms with Crippen LogP contribution in [0.2, 0.25) is 0 Å². The van der Waals surface area contributed by atoms with Gasteiger partial charge in [0.2, 0.25) is 0 Å². The normalized spacial score (nSPS) is 8.85. The van der Waals surface area contributed by atoms with Crippen LogP contribution in [0.25, 0.3) is 0 Å². The van der Waals surface area contributed by atoms with Crippen LogP contribution in [0, 0.1) is 28.5 Å². The van der Waals surface area contributed by atoms with Crippen LogP contribution in [0.5, 0.6) is 5.75 Å². The van der Waals surface area contributed by atoms with Gasteiger partial charge in [-0.1, -0.05) is 0 Å². The molecule has 1 aromatic carbocycles. The van der Waals surface area contributed by atoms with Crippen molar-refractivity contribution in [3.63, 3.8) is 0 Å². The minimum Gasteiger partial charge on any atom is -0.505 e. The fourth-order valence-electron chi connectivity index (χ4n) is 0.946. The average Bonchev–Trinajstić information content (AvgIpc) is 2.13. The molecule has 3 nitrogen and oxygen atoms in total. The van der Waals surface area contributed by atoms with Crippen LogP contribution in [0.1, 0.15) is 11.1 Å². The van der Waals surface area contributed by atoms with Crippen molar-refractivity contribution in [2.24, 2.45) is 0 Å². The summed E-state index contributed by atoms with van der Waals surface area (Å²) >= 11 is 0. The molecule has 1 aromatic rings. The van der Waals surface area contributed by atoms with E-state index in [0.29, 0.717) is 0 Å². The van der Waals surface area contributed by atoms with Gasteiger partial charge in [-0.3, -0.25) is 0 Å². The minimum absolute atomic E-state index is 0.0408. The molecule has 0 heterocycles. The fourth-order valence-corrected chi connectivity index (χ4v) is 0.946. The third-order valence-corrected chi connectivity index (χ3v) is 1.53. The number of phenols is 1. The number of nitrogens with zero attached hydrogens (tertiary/aromatic N) is 2. The monoisotopic (exact) mass is 176 g/mol. The van der Waals surface area contributed by atoms with Gasteiger partial charge in [-0.05, 0) is 6.07 Å². The SMILES string of the molecule is N#CCc1cc(C#N)cc(O)c1F. The lowest BCUT2D eigenvalue weighted by atomic mass is 10.1. The molecule has 0 bridgehead atoms. The third kappa shape index (κ3) is 1.74. The van der Waals surface area contributed by atoms with E-state index in [2.05, 4.69) is 0 Å². The van der Waals surface area contributed by atoms with Crippen LogP contribution in [0.3, 0.4) is 0 Å². The second kappa shape index (κ2) is 3.55. The summed E-state index contributed by atoms with van der Waals surface area (Å²) in [6, 6.07) is 5.77. The first-order valence-electron chi connectivity index (χ1n) is 3.47. The van der Waals surface area contributed by atoms with Crippen LogP contribution in [0.4, 0.5) is 4.39 Å². The second-order valence-electron chi connectivity index (χ2n) is 2.42. The lowest BCUT2D eigenvalue weighted by molar-refractivity contribution is 0.429. The van der Waals surface area contributed by atoms with E-state index in [1.807, 2.05) is 0 Å². The Morgan fingerprint density at radius 2 is 2.08 bits per heavy atom. The zero-order valence-electron chi connectivity index (χ0n) is 6.58. The van der Waals surface area contributed by atoms with Crippen LogP contribution in [-0.4, -0.2) is 5.11 Å². The Balaban J connectivity index is 3.28. The van der Waals surface area contributed by atoms with E-state index < -0.39 is 11.6 Å². The standard InChI is InChI=1S/C9H5FN2O/c10-9-7(1-2-11)3-6(5-12)4-8(9)13/h3-4,13H,1H2. The van der Waals surface area contributed by atoms with Gasteiger partial charge in [0.15, 0.2) is 11.6 Å². The molecule has 0 spiro atoms. The summed E-state index contributed by atoms with van der Waals surface area (Å²) < 4.78 is 13.0. The first-order chi connectivity index (χ1) is 6.19. The van der Waals surface area contributed by atoms with Gasteiger partial charge in [0.25, 0.3) is 0 Å². The van der Waals surface area contributed by atoms with Crippen molar-refractivity contribution in [2.75, 3.05) is 0 Å². The first kappa shape index (κ1) is 9.02. The van der Waals surface area contributed by atoms with Crippen LogP contribution < -0.4 is 0 Å². The number of hydrogen-bond acceptors (Lipinski definition) is 3. The highest BCUT2D eigenvalue weighted by Gasteiger charge is 2.09. The van der Waals surface area contributed by atoms with Gasteiger partial charge in [-0.2, -0.15) is 10.5 Å². The van der Waals surface area contributed by atoms with Crippen molar-refractivity contribution in [1.82, 2.24) is 0 Å². The summed E-state index contributed by atoms with van der Waals surface area (Å²) in [4.78, 5) is 0. The Kier molecular flexibility index (Phi) is 2.47. The van der Waals surface area contributed by atoms with Crippen LogP contribution in [-0.2, 0) is 6.42 Å². The molecule has 0 saturated heterocycles. The molecule has 0 aliphatic carbocycles. The lowest BCUT2D eigenvalue weighted by Gasteiger charge is -2.00. The van der Waals surface area contributed by atoms with E-state index >= 15 is 0 Å². The number of halogens is 1. The predicted octanol–water partition coefficient (Wildman–Crippen LogP) is 1.47. The molecular weight excluding hydrogens is 171 g/mol. The van der Waals surface area contributed by atoms with Crippen molar-refractivity contribution < 1.29 is 9.50 Å². The number of rotatable bonds is 1. The topological polar surface area (TPSA) is 67.8 Å². The molecule has 0 aromatic heterocycles. The Hall–Kier alpha value is -2.07. The predicted molar refractivity (Wildman–Crippen MR) is 42.1 cm³/mol. The molecule has 13 heavy (non-hydrogen) atoms. The highest BCUT2D eigenvalue weighted by atomic mass is 19.1. The molecule has 0 fully saturated rings. The van der Waals surface area contributed by atoms with Crippen LogP contribution >= 0.6 is 0 Å². The van der Waals surface area contributed by atoms with Crippen LogP contribution in [0.15, 0.2) is 12.1 Å². The van der Waals surface area contributed by atoms with Crippen molar-refractivity contribution in [3.8, 4) is 17.9 Å². The lowest BCUT2D eigenvalue weighted by Crippen LogP contribution is -1.91. The van der Waals surface area contributed by atoms with Gasteiger partial charge in [0.1, 0.15) is 0 Å². The first-order valence-corrected chi connectivity index (χ1v) is 3.47. The summed E-state index contributed by atoms with van der Waals surface area (Å²) in [6.45, 7) is 0. The molecule has 0 aliphatic rings. The maximum atomic E-state index is 13.0. The van der Waals surface area contributed by atoms with E-state index in [1.54, 1.807) is 12.1 Å². The zero-order chi connectivity index (χ0) is 9.84. The number of aromatic hydroxyl groups is 1. The van der Waals surface area contributed by atoms with Gasteiger partial charge in [0, 0.05) is 11.6 Å². The van der Waals surface area contributed by atoms with E-state index in [-0.39, 0.29) is 17.5 Å². The van der Waals surface area contributed by atoms with E-state index in [4.69, 9.17) is 15.6 Å². The Bertz CT molecular complexity index is 415. The second-order valence-corrected chi connectivity index (χ2v) is 2.42. The third-order valence-electron chi connectivity index (χ3n) is 1.53. The molecule has 0 radical (unpaired) electrons. The number of phenolic OH excluding ortho intramolecular Hbond substituents is 1. The average molecular weight is 176 g/mol. The molecule has 1 N–H and O–H groups in total. The Morgan fingerprint density at radius 3 is 2.62 bits per heavy atom. The van der Waals surface area contributed by atoms with E-state index in [1.165, 1.54) is 6.07 Å². The number of hydrogen-bond donors (Lipinski definition) is 1. The van der Waals surface area contributed by atoms with E-state index in [0.717, 1.165) is 6.07 Å². The molecule has 0 unspecified atom stereocenters. The summed E-state index contributed by atoms with van der Waals surface area (Å²) in [7, 11) is 0. The molecule has 4 heteroatoms. The fraction of sp³-hybridized carbons (Fsp3) is 0.111. The Labute approximate surface area is 74.3 Å². The number of nitriles is 2. The summed E-state index contributed by atoms with van der Waals surface area (Å²) in [5, 5.41) is 25.8. The molecule has 64 valence electrons. The molecule has 1 rings (SSSR count). The minimum atomic E-state index is -0.833. The van der Waals surface area contributed by atoms with Crippen molar-refractivity contribution >= 4 is 0 Å². The van der Waals surface area contributed by atoms with Gasteiger partial charge in [-0.15, -0.1) is 0 Å². The van der Waals surface area contributed by atoms with E-state index in [9.17, 15) is 4.39 Å². The summed E-state index contributed by atoms with van der Waals surface area (Å²) in [5.74, 6) is -1.43. The molecule has 0 atom stereocenters. The molecule has 0 aliphatic heterocycles. The smallest absolute Gasteiger partial charge is 0.169 e. The summed E-state index contributed by atoms with van der Waals surface area (Å²) in [5.41, 5.74) is 0.184. The van der Waals surface area contributed by atoms with Crippen molar-refractivity contribution in [3.05, 3.63) is 29.1 Å².